The molecule has 0 spiro atoms. The van der Waals surface area contributed by atoms with Crippen LogP contribution in [0.1, 0.15) is 34.0 Å². The van der Waals surface area contributed by atoms with Crippen molar-refractivity contribution in [1.82, 2.24) is 0 Å². The second-order valence-electron chi connectivity index (χ2n) is 7.14. The summed E-state index contributed by atoms with van der Waals surface area (Å²) in [5.74, 6) is -1.27. The maximum absolute atomic E-state index is 13.5. The van der Waals surface area contributed by atoms with Crippen molar-refractivity contribution in [3.63, 3.8) is 0 Å². The number of carboxylic acid groups (broad SMARTS) is 1. The Morgan fingerprint density at radius 1 is 0.967 bits per heavy atom. The molecule has 3 aromatic carbocycles. The van der Waals surface area contributed by atoms with Gasteiger partial charge in [-0.2, -0.15) is 0 Å². The average Bonchev–Trinajstić information content (AvgIpc) is 2.79. The van der Waals surface area contributed by atoms with Crippen LogP contribution in [0.15, 0.2) is 96.7 Å². The first-order valence-electron chi connectivity index (χ1n) is 9.68. The van der Waals surface area contributed by atoms with Gasteiger partial charge in [0.15, 0.2) is 11.2 Å². The predicted molar refractivity (Wildman–Crippen MR) is 114 cm³/mol. The molecule has 0 aliphatic carbocycles. The summed E-state index contributed by atoms with van der Waals surface area (Å²) in [4.78, 5) is 26.1. The number of carbonyl (C=O) groups excluding carboxylic acids is 1. The number of ether oxygens (including phenoxy) is 1. The zero-order valence-electron chi connectivity index (χ0n) is 16.2. The van der Waals surface area contributed by atoms with Gasteiger partial charge in [-0.3, -0.25) is 9.59 Å². The molecule has 1 aliphatic rings. The van der Waals surface area contributed by atoms with Gasteiger partial charge in [-0.15, -0.1) is 5.73 Å². The first-order chi connectivity index (χ1) is 14.6. The van der Waals surface area contributed by atoms with Gasteiger partial charge in [-0.1, -0.05) is 72.8 Å². The van der Waals surface area contributed by atoms with Crippen LogP contribution >= 0.6 is 0 Å². The van der Waals surface area contributed by atoms with Gasteiger partial charge in [-0.25, -0.2) is 0 Å². The molecule has 4 heteroatoms. The maximum Gasteiger partial charge on any atom is 0.322 e. The van der Waals surface area contributed by atoms with Crippen LogP contribution in [0.25, 0.3) is 6.08 Å². The van der Waals surface area contributed by atoms with Crippen LogP contribution in [-0.2, 0) is 4.79 Å². The zero-order chi connectivity index (χ0) is 21.0. The van der Waals surface area contributed by atoms with E-state index in [0.29, 0.717) is 11.3 Å². The molecule has 0 radical (unpaired) electrons. The molecule has 1 aliphatic heterocycles. The van der Waals surface area contributed by atoms with Crippen LogP contribution in [0.5, 0.6) is 5.75 Å². The highest BCUT2D eigenvalue weighted by Crippen LogP contribution is 2.49. The van der Waals surface area contributed by atoms with Crippen LogP contribution in [0.2, 0.25) is 0 Å². The van der Waals surface area contributed by atoms with Crippen LogP contribution in [0.4, 0.5) is 0 Å². The number of carbonyl (C=O) groups is 2. The Morgan fingerprint density at radius 3 is 2.30 bits per heavy atom. The van der Waals surface area contributed by atoms with Gasteiger partial charge >= 0.3 is 5.97 Å². The Bertz CT molecular complexity index is 1130. The Hall–Kier alpha value is -3.88. The molecule has 0 saturated carbocycles. The van der Waals surface area contributed by atoms with Crippen molar-refractivity contribution in [2.45, 2.75) is 12.5 Å². The third-order valence-corrected chi connectivity index (χ3v) is 5.30. The molecule has 0 saturated heterocycles. The van der Waals surface area contributed by atoms with E-state index in [-0.39, 0.29) is 12.0 Å². The number of carboxylic acids is 1. The third kappa shape index (κ3) is 3.45. The van der Waals surface area contributed by atoms with E-state index in [9.17, 15) is 14.7 Å². The second kappa shape index (κ2) is 8.24. The number of Topliss-reactive ketones (excluding diaryl/α,β-unsaturated/α-hetero) is 1. The summed E-state index contributed by atoms with van der Waals surface area (Å²) in [6.45, 7) is 0. The lowest BCUT2D eigenvalue weighted by Crippen LogP contribution is -2.49. The van der Waals surface area contributed by atoms with E-state index in [1.807, 2.05) is 36.4 Å². The van der Waals surface area contributed by atoms with Crippen molar-refractivity contribution >= 4 is 17.8 Å². The van der Waals surface area contributed by atoms with Gasteiger partial charge in [0, 0.05) is 6.42 Å². The molecule has 30 heavy (non-hydrogen) atoms. The third-order valence-electron chi connectivity index (χ3n) is 5.30. The quantitative estimate of drug-likeness (QED) is 0.467. The van der Waals surface area contributed by atoms with E-state index in [1.54, 1.807) is 60.7 Å². The summed E-state index contributed by atoms with van der Waals surface area (Å²) in [5, 5.41) is 10.3. The minimum Gasteiger partial charge on any atom is -0.483 e. The highest BCUT2D eigenvalue weighted by molar-refractivity contribution is 6.15. The lowest BCUT2D eigenvalue weighted by atomic mass is 9.69. The zero-order valence-corrected chi connectivity index (χ0v) is 16.2. The lowest BCUT2D eigenvalue weighted by molar-refractivity contribution is -0.151. The molecule has 148 valence electrons. The SMILES string of the molecule is O=C(O)C1(CC=C=Cc2ccccc2)C(=O)c2ccccc2OC1c1ccccc1. The van der Waals surface area contributed by atoms with E-state index in [4.69, 9.17) is 4.74 Å². The first-order valence-corrected chi connectivity index (χ1v) is 9.68. The Labute approximate surface area is 174 Å². The standard InChI is InChI=1S/C26H20O4/c27-23-21-16-7-8-17-22(21)30-24(20-14-5-2-6-15-20)26(23,25(28)29)18-10-9-13-19-11-3-1-4-12-19/h1-8,10-17,24H,18H2,(H,28,29). The Balaban J connectivity index is 1.80. The van der Waals surface area contributed by atoms with Crippen molar-refractivity contribution in [2.75, 3.05) is 0 Å². The number of hydrogen-bond donors (Lipinski definition) is 1. The molecule has 1 N–H and O–H groups in total. The molecule has 3 aromatic rings. The first kappa shape index (κ1) is 19.4. The fourth-order valence-corrected chi connectivity index (χ4v) is 3.74. The van der Waals surface area contributed by atoms with E-state index in [1.165, 1.54) is 0 Å². The fraction of sp³-hybridized carbons (Fsp3) is 0.115. The largest absolute Gasteiger partial charge is 0.483 e. The minimum absolute atomic E-state index is 0.0433. The van der Waals surface area contributed by atoms with Crippen LogP contribution in [0.3, 0.4) is 0 Å². The van der Waals surface area contributed by atoms with Crippen LogP contribution < -0.4 is 4.74 Å². The Kier molecular flexibility index (Phi) is 5.34. The van der Waals surface area contributed by atoms with E-state index in [2.05, 4.69) is 5.73 Å². The van der Waals surface area contributed by atoms with E-state index in [0.717, 1.165) is 5.56 Å². The van der Waals surface area contributed by atoms with Gasteiger partial charge in [0.25, 0.3) is 0 Å². The molecule has 2 atom stereocenters. The molecule has 1 heterocycles. The summed E-state index contributed by atoms with van der Waals surface area (Å²) in [7, 11) is 0. The van der Waals surface area contributed by atoms with Gasteiger partial charge < -0.3 is 9.84 Å². The lowest BCUT2D eigenvalue weighted by Gasteiger charge is -2.39. The van der Waals surface area contributed by atoms with E-state index < -0.39 is 23.3 Å². The molecule has 4 rings (SSSR count). The smallest absolute Gasteiger partial charge is 0.322 e. The van der Waals surface area contributed by atoms with Gasteiger partial charge in [0.2, 0.25) is 0 Å². The number of hydrogen-bond acceptors (Lipinski definition) is 3. The number of fused-ring (bicyclic) bond motifs is 1. The van der Waals surface area contributed by atoms with Gasteiger partial charge in [-0.05, 0) is 35.4 Å². The number of para-hydroxylation sites is 1. The highest BCUT2D eigenvalue weighted by atomic mass is 16.5. The second-order valence-corrected chi connectivity index (χ2v) is 7.14. The van der Waals surface area contributed by atoms with Crippen molar-refractivity contribution in [3.8, 4) is 5.75 Å². The Morgan fingerprint density at radius 2 is 1.60 bits per heavy atom. The van der Waals surface area contributed by atoms with E-state index >= 15 is 0 Å². The summed E-state index contributed by atoms with van der Waals surface area (Å²) >= 11 is 0. The fourth-order valence-electron chi connectivity index (χ4n) is 3.74. The number of allylic oxidation sites excluding steroid dienone is 1. The van der Waals surface area contributed by atoms with Gasteiger partial charge in [0.1, 0.15) is 11.9 Å². The molecular weight excluding hydrogens is 376 g/mol. The van der Waals surface area contributed by atoms with Crippen LogP contribution in [-0.4, -0.2) is 16.9 Å². The average molecular weight is 396 g/mol. The normalized spacial score (nSPS) is 19.7. The molecule has 0 amide bonds. The number of ketones is 1. The number of aliphatic carboxylic acids is 1. The summed E-state index contributed by atoms with van der Waals surface area (Å²) in [6.07, 6.45) is 2.37. The van der Waals surface area contributed by atoms with Crippen molar-refractivity contribution < 1.29 is 19.4 Å². The van der Waals surface area contributed by atoms with Crippen molar-refractivity contribution in [1.29, 1.82) is 0 Å². The molecule has 2 unspecified atom stereocenters. The monoisotopic (exact) mass is 396 g/mol. The summed E-state index contributed by atoms with van der Waals surface area (Å²) in [6, 6.07) is 25.4. The summed E-state index contributed by atoms with van der Waals surface area (Å²) in [5.41, 5.74) is 3.11. The molecule has 0 aromatic heterocycles. The molecule has 0 bridgehead atoms. The summed E-state index contributed by atoms with van der Waals surface area (Å²) < 4.78 is 6.12. The predicted octanol–water partition coefficient (Wildman–Crippen LogP) is 5.33. The molecule has 0 fully saturated rings. The topological polar surface area (TPSA) is 63.6 Å². The maximum atomic E-state index is 13.5. The van der Waals surface area contributed by atoms with Gasteiger partial charge in [0.05, 0.1) is 5.56 Å². The number of rotatable bonds is 5. The minimum atomic E-state index is -1.78. The van der Waals surface area contributed by atoms with Crippen molar-refractivity contribution in [3.05, 3.63) is 113 Å². The number of benzene rings is 3. The van der Waals surface area contributed by atoms with Crippen molar-refractivity contribution in [2.24, 2.45) is 5.41 Å². The highest BCUT2D eigenvalue weighted by Gasteiger charge is 2.57. The van der Waals surface area contributed by atoms with Crippen LogP contribution in [0, 0.1) is 5.41 Å². The molecule has 4 nitrogen and oxygen atoms in total. The molecular formula is C26H20O4.